The van der Waals surface area contributed by atoms with Gasteiger partial charge in [-0.3, -0.25) is 0 Å². The molecule has 0 spiro atoms. The summed E-state index contributed by atoms with van der Waals surface area (Å²) in [5.74, 6) is 0. The maximum Gasteiger partial charge on any atom is 0.139 e. The van der Waals surface area contributed by atoms with Crippen LogP contribution in [0, 0.1) is 0 Å². The Kier molecular flexibility index (Phi) is 1.95. The van der Waals surface area contributed by atoms with E-state index in [9.17, 15) is 0 Å². The Morgan fingerprint density at radius 2 is 2.38 bits per heavy atom. The van der Waals surface area contributed by atoms with Crippen molar-refractivity contribution >= 4 is 7.85 Å². The number of hydrogen-bond donors (Lipinski definition) is 0. The van der Waals surface area contributed by atoms with E-state index in [1.54, 1.807) is 0 Å². The van der Waals surface area contributed by atoms with Crippen LogP contribution in [-0.2, 0) is 4.74 Å². The molecular weight excluding hydrogens is 98.9 g/mol. The molecule has 0 N–H and O–H groups in total. The zero-order valence-corrected chi connectivity index (χ0v) is 5.68. The first kappa shape index (κ1) is 6.15. The lowest BCUT2D eigenvalue weighted by molar-refractivity contribution is 0.0857. The first-order valence-corrected chi connectivity index (χ1v) is 3.48. The van der Waals surface area contributed by atoms with E-state index in [1.807, 2.05) is 0 Å². The molecule has 1 saturated heterocycles. The fourth-order valence-electron chi connectivity index (χ4n) is 1.19. The van der Waals surface area contributed by atoms with E-state index in [-0.39, 0.29) is 0 Å². The Hall–Kier alpha value is 0.0249. The molecule has 2 unspecified atom stereocenters. The van der Waals surface area contributed by atoms with Crippen LogP contribution in [0.25, 0.3) is 0 Å². The van der Waals surface area contributed by atoms with Crippen molar-refractivity contribution in [2.75, 3.05) is 0 Å². The van der Waals surface area contributed by atoms with Gasteiger partial charge in [0.05, 0.1) is 6.10 Å². The van der Waals surface area contributed by atoms with Crippen molar-refractivity contribution in [2.24, 2.45) is 0 Å². The molecule has 46 valence electrons. The van der Waals surface area contributed by atoms with Crippen molar-refractivity contribution < 1.29 is 4.74 Å². The van der Waals surface area contributed by atoms with Crippen LogP contribution in [-0.4, -0.2) is 20.0 Å². The molecule has 0 aliphatic carbocycles. The summed E-state index contributed by atoms with van der Waals surface area (Å²) in [6.45, 7) is 2.18. The first-order chi connectivity index (χ1) is 3.83. The second-order valence-corrected chi connectivity index (χ2v) is 2.55. The van der Waals surface area contributed by atoms with Gasteiger partial charge in [-0.25, -0.2) is 0 Å². The fourth-order valence-corrected chi connectivity index (χ4v) is 1.19. The van der Waals surface area contributed by atoms with Gasteiger partial charge in [-0.1, -0.05) is 6.92 Å². The Morgan fingerprint density at radius 3 is 2.62 bits per heavy atom. The Balaban J connectivity index is 2.22. The van der Waals surface area contributed by atoms with E-state index >= 15 is 0 Å². The second-order valence-electron chi connectivity index (χ2n) is 2.55. The molecule has 1 rings (SSSR count). The summed E-state index contributed by atoms with van der Waals surface area (Å²) in [6.07, 6.45) is 4.30. The van der Waals surface area contributed by atoms with Crippen LogP contribution in [0.4, 0.5) is 0 Å². The van der Waals surface area contributed by atoms with Gasteiger partial charge in [-0.2, -0.15) is 0 Å². The minimum absolute atomic E-state index is 0.528. The van der Waals surface area contributed by atoms with E-state index in [4.69, 9.17) is 4.74 Å². The minimum atomic E-state index is 0.528. The summed E-state index contributed by atoms with van der Waals surface area (Å²) in [5.41, 5.74) is 0. The van der Waals surface area contributed by atoms with Crippen molar-refractivity contribution in [1.29, 1.82) is 0 Å². The molecule has 1 heterocycles. The molecular formula is C6H13BO. The third kappa shape index (κ3) is 1.25. The monoisotopic (exact) mass is 112 g/mol. The first-order valence-electron chi connectivity index (χ1n) is 3.48. The number of hydrogen-bond acceptors (Lipinski definition) is 1. The Morgan fingerprint density at radius 1 is 1.62 bits per heavy atom. The lowest BCUT2D eigenvalue weighted by Gasteiger charge is -2.05. The molecule has 1 aliphatic rings. The molecule has 0 amide bonds. The Bertz CT molecular complexity index is 74.9. The molecule has 0 saturated carbocycles. The molecule has 0 aromatic carbocycles. The van der Waals surface area contributed by atoms with Gasteiger partial charge in [0.1, 0.15) is 7.85 Å². The van der Waals surface area contributed by atoms with Crippen molar-refractivity contribution in [3.05, 3.63) is 0 Å². The molecule has 1 aliphatic heterocycles. The summed E-state index contributed by atoms with van der Waals surface area (Å²) in [5, 5.41) is 0. The van der Waals surface area contributed by atoms with Crippen molar-refractivity contribution in [3.8, 4) is 0 Å². The lowest BCUT2D eigenvalue weighted by Crippen LogP contribution is -2.08. The van der Waals surface area contributed by atoms with E-state index in [1.165, 1.54) is 19.3 Å². The summed E-state index contributed by atoms with van der Waals surface area (Å²) < 4.78 is 5.51. The third-order valence-corrected chi connectivity index (χ3v) is 1.78. The fraction of sp³-hybridized carbons (Fsp3) is 1.00. The highest BCUT2D eigenvalue weighted by Gasteiger charge is 2.18. The maximum atomic E-state index is 5.51. The van der Waals surface area contributed by atoms with Crippen LogP contribution in [0.5, 0.6) is 0 Å². The van der Waals surface area contributed by atoms with Crippen LogP contribution < -0.4 is 0 Å². The van der Waals surface area contributed by atoms with E-state index in [0.29, 0.717) is 12.1 Å². The second kappa shape index (κ2) is 2.54. The van der Waals surface area contributed by atoms with Gasteiger partial charge in [0.25, 0.3) is 0 Å². The Labute approximate surface area is 51.8 Å². The molecule has 2 heteroatoms. The molecule has 1 fully saturated rings. The SMILES string of the molecule is BC1CCC(CC)O1. The number of rotatable bonds is 1. The zero-order valence-electron chi connectivity index (χ0n) is 5.68. The van der Waals surface area contributed by atoms with Crippen LogP contribution in [0.3, 0.4) is 0 Å². The van der Waals surface area contributed by atoms with Crippen LogP contribution in [0.1, 0.15) is 26.2 Å². The molecule has 0 bridgehead atoms. The molecule has 1 nitrogen and oxygen atoms in total. The van der Waals surface area contributed by atoms with Gasteiger partial charge in [-0.05, 0) is 19.3 Å². The molecule has 8 heavy (non-hydrogen) atoms. The molecule has 0 aromatic rings. The molecule has 0 aromatic heterocycles. The van der Waals surface area contributed by atoms with Gasteiger partial charge in [0, 0.05) is 6.00 Å². The van der Waals surface area contributed by atoms with Crippen LogP contribution >= 0.6 is 0 Å². The van der Waals surface area contributed by atoms with Crippen molar-refractivity contribution in [3.63, 3.8) is 0 Å². The highest BCUT2D eigenvalue weighted by molar-refractivity contribution is 6.11. The predicted molar refractivity (Wildman–Crippen MR) is 36.7 cm³/mol. The normalized spacial score (nSPS) is 38.1. The van der Waals surface area contributed by atoms with Gasteiger partial charge in [0.2, 0.25) is 0 Å². The van der Waals surface area contributed by atoms with Crippen LogP contribution in [0.15, 0.2) is 0 Å². The van der Waals surface area contributed by atoms with Gasteiger partial charge in [0.15, 0.2) is 0 Å². The standard InChI is InChI=1S/C6H13BO/c1-2-5-3-4-6(7)8-5/h5-6H,2-4,7H2,1H3. The van der Waals surface area contributed by atoms with Crippen LogP contribution in [0.2, 0.25) is 0 Å². The lowest BCUT2D eigenvalue weighted by atomic mass is 9.97. The average molecular weight is 112 g/mol. The molecule has 0 radical (unpaired) electrons. The smallest absolute Gasteiger partial charge is 0.139 e. The van der Waals surface area contributed by atoms with E-state index in [2.05, 4.69) is 14.8 Å². The van der Waals surface area contributed by atoms with Crippen molar-refractivity contribution in [1.82, 2.24) is 0 Å². The van der Waals surface area contributed by atoms with E-state index in [0.717, 1.165) is 0 Å². The van der Waals surface area contributed by atoms with Gasteiger partial charge in [-0.15, -0.1) is 0 Å². The highest BCUT2D eigenvalue weighted by Crippen LogP contribution is 2.18. The maximum absolute atomic E-state index is 5.51. The molecule has 2 atom stereocenters. The summed E-state index contributed by atoms with van der Waals surface area (Å²) in [6, 6.07) is 0.528. The zero-order chi connectivity index (χ0) is 5.98. The summed E-state index contributed by atoms with van der Waals surface area (Å²) >= 11 is 0. The predicted octanol–water partition coefficient (Wildman–Crippen LogP) is 0.535. The third-order valence-electron chi connectivity index (χ3n) is 1.78. The van der Waals surface area contributed by atoms with Gasteiger partial charge >= 0.3 is 0 Å². The summed E-state index contributed by atoms with van der Waals surface area (Å²) in [7, 11) is 2.15. The quantitative estimate of drug-likeness (QED) is 0.449. The van der Waals surface area contributed by atoms with Crippen molar-refractivity contribution in [2.45, 2.75) is 38.3 Å². The van der Waals surface area contributed by atoms with Gasteiger partial charge < -0.3 is 4.74 Å². The minimum Gasteiger partial charge on any atom is -0.384 e. The topological polar surface area (TPSA) is 9.23 Å². The largest absolute Gasteiger partial charge is 0.384 e. The highest BCUT2D eigenvalue weighted by atomic mass is 16.5. The van der Waals surface area contributed by atoms with E-state index < -0.39 is 0 Å². The summed E-state index contributed by atoms with van der Waals surface area (Å²) in [4.78, 5) is 0. The average Bonchev–Trinajstić information content (AvgIpc) is 2.14. The number of ether oxygens (including phenoxy) is 1.